The molecule has 0 spiro atoms. The minimum Gasteiger partial charge on any atom is -0.507 e. The van der Waals surface area contributed by atoms with E-state index >= 15 is 0 Å². The zero-order valence-corrected chi connectivity index (χ0v) is 17.9. The Labute approximate surface area is 186 Å². The average molecular weight is 448 g/mol. The second kappa shape index (κ2) is 7.42. The maximum Gasteiger partial charge on any atom is 0.302 e. The lowest BCUT2D eigenvalue weighted by Gasteiger charge is -2.20. The van der Waals surface area contributed by atoms with Gasteiger partial charge in [0.1, 0.15) is 23.4 Å². The maximum absolute atomic E-state index is 13.4. The van der Waals surface area contributed by atoms with Gasteiger partial charge in [-0.05, 0) is 67.4 Å². The van der Waals surface area contributed by atoms with Crippen LogP contribution in [0.1, 0.15) is 28.5 Å². The van der Waals surface area contributed by atoms with Gasteiger partial charge in [-0.3, -0.25) is 14.5 Å². The number of hydrogen-bond donors (Lipinski definition) is 1. The lowest BCUT2D eigenvalue weighted by Crippen LogP contribution is -2.29. The third-order valence-electron chi connectivity index (χ3n) is 5.40. The number of nitrogens with zero attached hydrogens (tertiary/aromatic N) is 2. The van der Waals surface area contributed by atoms with E-state index in [4.69, 9.17) is 4.42 Å². The van der Waals surface area contributed by atoms with Crippen LogP contribution in [0.2, 0.25) is 0 Å². The number of rotatable bonds is 3. The zero-order valence-electron chi connectivity index (χ0n) is 17.1. The van der Waals surface area contributed by atoms with Crippen molar-refractivity contribution in [3.05, 3.63) is 88.6 Å². The number of carbonyl (C=O) groups excluding carboxylic acids is 2. The molecule has 0 aliphatic carbocycles. The Morgan fingerprint density at radius 2 is 1.91 bits per heavy atom. The molecule has 1 unspecified atom stereocenters. The van der Waals surface area contributed by atoms with Gasteiger partial charge in [0.2, 0.25) is 0 Å². The summed E-state index contributed by atoms with van der Waals surface area (Å²) in [7, 11) is 0. The van der Waals surface area contributed by atoms with Gasteiger partial charge in [-0.1, -0.05) is 17.4 Å². The molecule has 5 rings (SSSR count). The van der Waals surface area contributed by atoms with Crippen molar-refractivity contribution in [2.75, 3.05) is 4.90 Å². The molecule has 2 aromatic carbocycles. The Morgan fingerprint density at radius 1 is 1.16 bits per heavy atom. The van der Waals surface area contributed by atoms with Crippen molar-refractivity contribution >= 4 is 44.1 Å². The molecule has 4 aromatic rings. The van der Waals surface area contributed by atoms with E-state index in [0.29, 0.717) is 10.9 Å². The van der Waals surface area contributed by atoms with Crippen LogP contribution < -0.4 is 4.90 Å². The molecule has 32 heavy (non-hydrogen) atoms. The Kier molecular flexibility index (Phi) is 4.67. The predicted octanol–water partition coefficient (Wildman–Crippen LogP) is 5.27. The molecule has 1 fully saturated rings. The van der Waals surface area contributed by atoms with Gasteiger partial charge in [0.05, 0.1) is 22.1 Å². The smallest absolute Gasteiger partial charge is 0.302 e. The number of ketones is 1. The number of anilines is 1. The highest BCUT2D eigenvalue weighted by Crippen LogP contribution is 2.44. The van der Waals surface area contributed by atoms with Crippen molar-refractivity contribution in [3.8, 4) is 0 Å². The molecule has 3 heterocycles. The number of amides is 1. The Morgan fingerprint density at radius 3 is 2.59 bits per heavy atom. The number of Topliss-reactive ketones (excluding diaryl/α,β-unsaturated/α-hetero) is 1. The maximum atomic E-state index is 13.4. The number of aryl methyl sites for hydroxylation is 2. The van der Waals surface area contributed by atoms with E-state index in [1.165, 1.54) is 46.8 Å². The molecule has 0 radical (unpaired) electrons. The number of halogens is 1. The number of carbonyl (C=O) groups is 2. The Bertz CT molecular complexity index is 1400. The van der Waals surface area contributed by atoms with Gasteiger partial charge < -0.3 is 9.52 Å². The van der Waals surface area contributed by atoms with Crippen LogP contribution in [0.25, 0.3) is 16.0 Å². The van der Waals surface area contributed by atoms with E-state index in [2.05, 4.69) is 4.98 Å². The highest BCUT2D eigenvalue weighted by atomic mass is 32.1. The fourth-order valence-corrected chi connectivity index (χ4v) is 5.14. The summed E-state index contributed by atoms with van der Waals surface area (Å²) in [6.07, 6.45) is 1.43. The Hall–Kier alpha value is -3.78. The third-order valence-corrected chi connectivity index (χ3v) is 6.40. The molecule has 2 aromatic heterocycles. The SMILES string of the molecule is Cc1cc(C)c2nc(N3C(=O)C(=O)C(=C(O)c4ccc(F)cc4)C3c3ccco3)sc2c1. The molecule has 1 amide bonds. The van der Waals surface area contributed by atoms with E-state index in [1.54, 1.807) is 12.1 Å². The number of fused-ring (bicyclic) bond motifs is 1. The topological polar surface area (TPSA) is 83.6 Å². The first-order valence-electron chi connectivity index (χ1n) is 9.83. The van der Waals surface area contributed by atoms with Crippen LogP contribution in [-0.4, -0.2) is 21.8 Å². The van der Waals surface area contributed by atoms with Crippen LogP contribution in [0.5, 0.6) is 0 Å². The summed E-state index contributed by atoms with van der Waals surface area (Å²) in [4.78, 5) is 32.1. The summed E-state index contributed by atoms with van der Waals surface area (Å²) in [6.45, 7) is 3.91. The number of benzene rings is 2. The van der Waals surface area contributed by atoms with Crippen molar-refractivity contribution in [2.45, 2.75) is 19.9 Å². The van der Waals surface area contributed by atoms with Crippen molar-refractivity contribution < 1.29 is 23.5 Å². The van der Waals surface area contributed by atoms with Crippen molar-refractivity contribution in [1.29, 1.82) is 0 Å². The summed E-state index contributed by atoms with van der Waals surface area (Å²) in [5.74, 6) is -2.26. The number of aliphatic hydroxyl groups excluding tert-OH is 1. The molecular formula is C24H17FN2O4S. The molecule has 0 bridgehead atoms. The normalized spacial score (nSPS) is 18.1. The van der Waals surface area contributed by atoms with Crippen LogP contribution in [0.3, 0.4) is 0 Å². The van der Waals surface area contributed by atoms with Crippen LogP contribution >= 0.6 is 11.3 Å². The quantitative estimate of drug-likeness (QED) is 0.262. The Balaban J connectivity index is 1.72. The molecular weight excluding hydrogens is 431 g/mol. The van der Waals surface area contributed by atoms with Gasteiger partial charge in [0.25, 0.3) is 5.78 Å². The zero-order chi connectivity index (χ0) is 22.6. The van der Waals surface area contributed by atoms with Gasteiger partial charge in [0, 0.05) is 5.56 Å². The number of aromatic nitrogens is 1. The number of furan rings is 1. The molecule has 1 aliphatic rings. The lowest BCUT2D eigenvalue weighted by molar-refractivity contribution is -0.132. The minimum atomic E-state index is -1.00. The first kappa shape index (κ1) is 20.1. The van der Waals surface area contributed by atoms with Crippen LogP contribution in [0, 0.1) is 19.7 Å². The fourth-order valence-electron chi connectivity index (χ4n) is 3.97. The number of hydrogen-bond acceptors (Lipinski definition) is 6. The second-order valence-corrected chi connectivity index (χ2v) is 8.63. The van der Waals surface area contributed by atoms with Crippen LogP contribution in [0.15, 0.2) is 64.8 Å². The summed E-state index contributed by atoms with van der Waals surface area (Å²) < 4.78 is 19.8. The molecule has 0 saturated carbocycles. The van der Waals surface area contributed by atoms with Crippen LogP contribution in [-0.2, 0) is 9.59 Å². The van der Waals surface area contributed by atoms with E-state index in [9.17, 15) is 19.1 Å². The summed E-state index contributed by atoms with van der Waals surface area (Å²) >= 11 is 1.29. The average Bonchev–Trinajstić information content (AvgIpc) is 3.47. The van der Waals surface area contributed by atoms with Gasteiger partial charge in [-0.25, -0.2) is 9.37 Å². The number of aliphatic hydroxyl groups is 1. The van der Waals surface area contributed by atoms with E-state index in [-0.39, 0.29) is 11.1 Å². The van der Waals surface area contributed by atoms with Gasteiger partial charge >= 0.3 is 5.91 Å². The minimum absolute atomic E-state index is 0.135. The molecule has 1 N–H and O–H groups in total. The van der Waals surface area contributed by atoms with Crippen LogP contribution in [0.4, 0.5) is 9.52 Å². The van der Waals surface area contributed by atoms with Crippen molar-refractivity contribution in [1.82, 2.24) is 4.98 Å². The van der Waals surface area contributed by atoms with E-state index in [0.717, 1.165) is 21.3 Å². The van der Waals surface area contributed by atoms with E-state index in [1.807, 2.05) is 26.0 Å². The largest absolute Gasteiger partial charge is 0.507 e. The van der Waals surface area contributed by atoms with Gasteiger partial charge in [-0.2, -0.15) is 0 Å². The van der Waals surface area contributed by atoms with Crippen molar-refractivity contribution in [3.63, 3.8) is 0 Å². The second-order valence-electron chi connectivity index (χ2n) is 7.62. The predicted molar refractivity (Wildman–Crippen MR) is 119 cm³/mol. The summed E-state index contributed by atoms with van der Waals surface area (Å²) in [6, 6.07) is 11.3. The van der Waals surface area contributed by atoms with Gasteiger partial charge in [0.15, 0.2) is 5.13 Å². The molecule has 160 valence electrons. The van der Waals surface area contributed by atoms with Gasteiger partial charge in [-0.15, -0.1) is 0 Å². The number of thiazole rings is 1. The molecule has 1 atom stereocenters. The standard InChI is InChI=1S/C24H17FN2O4S/c1-12-10-13(2)19-17(11-12)32-24(26-19)27-20(16-4-3-9-31-16)18(22(29)23(27)30)21(28)14-5-7-15(25)8-6-14/h3-11,20,28H,1-2H3. The lowest BCUT2D eigenvalue weighted by atomic mass is 9.99. The third kappa shape index (κ3) is 3.11. The molecule has 8 heteroatoms. The molecule has 1 aliphatic heterocycles. The first-order valence-corrected chi connectivity index (χ1v) is 10.6. The monoisotopic (exact) mass is 448 g/mol. The highest BCUT2D eigenvalue weighted by molar-refractivity contribution is 7.22. The summed E-state index contributed by atoms with van der Waals surface area (Å²) in [5.41, 5.74) is 2.85. The molecule has 1 saturated heterocycles. The highest BCUT2D eigenvalue weighted by Gasteiger charge is 2.49. The van der Waals surface area contributed by atoms with Crippen molar-refractivity contribution in [2.24, 2.45) is 0 Å². The fraction of sp³-hybridized carbons (Fsp3) is 0.125. The summed E-state index contributed by atoms with van der Waals surface area (Å²) in [5, 5.41) is 11.3. The first-order chi connectivity index (χ1) is 15.3. The van der Waals surface area contributed by atoms with E-state index < -0.39 is 29.3 Å². The molecule has 6 nitrogen and oxygen atoms in total.